The second kappa shape index (κ2) is 8.90. The SMILES string of the molecule is CCC(CNC(C)(C)C)OCCN(CC)CC. The minimum atomic E-state index is 0.176. The highest BCUT2D eigenvalue weighted by Gasteiger charge is 2.13. The van der Waals surface area contributed by atoms with Crippen LogP contribution < -0.4 is 5.32 Å². The predicted molar refractivity (Wildman–Crippen MR) is 75.6 cm³/mol. The topological polar surface area (TPSA) is 24.5 Å². The Morgan fingerprint density at radius 2 is 1.71 bits per heavy atom. The number of nitrogens with zero attached hydrogens (tertiary/aromatic N) is 1. The summed E-state index contributed by atoms with van der Waals surface area (Å²) in [6.07, 6.45) is 1.41. The Morgan fingerprint density at radius 3 is 2.12 bits per heavy atom. The molecule has 0 spiro atoms. The van der Waals surface area contributed by atoms with Crippen LogP contribution in [-0.2, 0) is 4.74 Å². The summed E-state index contributed by atoms with van der Waals surface area (Å²) < 4.78 is 5.92. The molecule has 0 fully saturated rings. The molecule has 17 heavy (non-hydrogen) atoms. The predicted octanol–water partition coefficient (Wildman–Crippen LogP) is 2.51. The molecule has 0 amide bonds. The first-order chi connectivity index (χ1) is 7.92. The molecular formula is C14H32N2O. The van der Waals surface area contributed by atoms with E-state index in [-0.39, 0.29) is 5.54 Å². The monoisotopic (exact) mass is 244 g/mol. The summed E-state index contributed by atoms with van der Waals surface area (Å²) in [4.78, 5) is 2.39. The van der Waals surface area contributed by atoms with Crippen LogP contribution in [0, 0.1) is 0 Å². The van der Waals surface area contributed by atoms with Crippen molar-refractivity contribution < 1.29 is 4.74 Å². The van der Waals surface area contributed by atoms with Crippen LogP contribution in [0.15, 0.2) is 0 Å². The Hall–Kier alpha value is -0.120. The lowest BCUT2D eigenvalue weighted by Gasteiger charge is -2.26. The molecule has 0 saturated heterocycles. The zero-order valence-corrected chi connectivity index (χ0v) is 12.7. The van der Waals surface area contributed by atoms with Gasteiger partial charge in [0.15, 0.2) is 0 Å². The molecular weight excluding hydrogens is 212 g/mol. The fraction of sp³-hybridized carbons (Fsp3) is 1.00. The number of hydrogen-bond acceptors (Lipinski definition) is 3. The molecule has 3 nitrogen and oxygen atoms in total. The number of likely N-dealkylation sites (N-methyl/N-ethyl adjacent to an activating group) is 1. The summed E-state index contributed by atoms with van der Waals surface area (Å²) in [6.45, 7) is 18.2. The van der Waals surface area contributed by atoms with Gasteiger partial charge in [-0.05, 0) is 40.3 Å². The largest absolute Gasteiger partial charge is 0.376 e. The number of ether oxygens (including phenoxy) is 1. The van der Waals surface area contributed by atoms with Gasteiger partial charge in [0, 0.05) is 18.6 Å². The standard InChI is InChI=1S/C14H32N2O/c1-7-13(12-15-14(4,5)6)17-11-10-16(8-2)9-3/h13,15H,7-12H2,1-6H3. The van der Waals surface area contributed by atoms with Gasteiger partial charge in [-0.3, -0.25) is 0 Å². The van der Waals surface area contributed by atoms with E-state index in [4.69, 9.17) is 4.74 Å². The number of rotatable bonds is 9. The maximum atomic E-state index is 5.92. The molecule has 1 atom stereocenters. The molecule has 0 radical (unpaired) electrons. The van der Waals surface area contributed by atoms with E-state index in [0.717, 1.165) is 39.2 Å². The average molecular weight is 244 g/mol. The van der Waals surface area contributed by atoms with Gasteiger partial charge in [-0.15, -0.1) is 0 Å². The fourth-order valence-corrected chi connectivity index (χ4v) is 1.63. The number of hydrogen-bond donors (Lipinski definition) is 1. The zero-order chi connectivity index (χ0) is 13.3. The number of nitrogens with one attached hydrogen (secondary N) is 1. The molecule has 0 saturated carbocycles. The van der Waals surface area contributed by atoms with Crippen molar-refractivity contribution in [3.63, 3.8) is 0 Å². The third-order valence-corrected chi connectivity index (χ3v) is 2.97. The lowest BCUT2D eigenvalue weighted by molar-refractivity contribution is 0.0335. The van der Waals surface area contributed by atoms with Crippen LogP contribution in [0.1, 0.15) is 48.0 Å². The van der Waals surface area contributed by atoms with Crippen LogP contribution >= 0.6 is 0 Å². The highest BCUT2D eigenvalue weighted by atomic mass is 16.5. The molecule has 0 heterocycles. The summed E-state index contributed by atoms with van der Waals surface area (Å²) in [5.74, 6) is 0. The molecule has 0 bridgehead atoms. The van der Waals surface area contributed by atoms with Crippen LogP contribution in [0.2, 0.25) is 0 Å². The minimum absolute atomic E-state index is 0.176. The Balaban J connectivity index is 3.75. The first-order valence-corrected chi connectivity index (χ1v) is 7.01. The van der Waals surface area contributed by atoms with Gasteiger partial charge in [-0.25, -0.2) is 0 Å². The van der Waals surface area contributed by atoms with Crippen molar-refractivity contribution in [1.82, 2.24) is 10.2 Å². The van der Waals surface area contributed by atoms with Crippen molar-refractivity contribution in [1.29, 1.82) is 0 Å². The lowest BCUT2D eigenvalue weighted by Crippen LogP contribution is -2.42. The van der Waals surface area contributed by atoms with E-state index in [1.807, 2.05) is 0 Å². The quantitative estimate of drug-likeness (QED) is 0.674. The Kier molecular flexibility index (Phi) is 8.83. The first-order valence-electron chi connectivity index (χ1n) is 7.01. The van der Waals surface area contributed by atoms with Crippen molar-refractivity contribution >= 4 is 0 Å². The van der Waals surface area contributed by atoms with Crippen LogP contribution in [0.25, 0.3) is 0 Å². The van der Waals surface area contributed by atoms with E-state index in [1.54, 1.807) is 0 Å². The van der Waals surface area contributed by atoms with Crippen LogP contribution in [0.5, 0.6) is 0 Å². The maximum Gasteiger partial charge on any atom is 0.0697 e. The molecule has 1 unspecified atom stereocenters. The maximum absolute atomic E-state index is 5.92. The summed E-state index contributed by atoms with van der Waals surface area (Å²) in [5, 5.41) is 3.50. The van der Waals surface area contributed by atoms with Gasteiger partial charge in [0.25, 0.3) is 0 Å². The molecule has 0 aliphatic rings. The lowest BCUT2D eigenvalue weighted by atomic mass is 10.1. The van der Waals surface area contributed by atoms with E-state index in [1.165, 1.54) is 0 Å². The molecule has 0 aliphatic carbocycles. The van der Waals surface area contributed by atoms with Gasteiger partial charge in [0.1, 0.15) is 0 Å². The molecule has 0 aliphatic heterocycles. The summed E-state index contributed by atoms with van der Waals surface area (Å²) in [5.41, 5.74) is 0.176. The van der Waals surface area contributed by atoms with Crippen LogP contribution in [-0.4, -0.2) is 49.3 Å². The van der Waals surface area contributed by atoms with Gasteiger partial charge in [0.2, 0.25) is 0 Å². The van der Waals surface area contributed by atoms with Gasteiger partial charge >= 0.3 is 0 Å². The Labute approximate surface area is 108 Å². The molecule has 0 rings (SSSR count). The fourth-order valence-electron chi connectivity index (χ4n) is 1.63. The Morgan fingerprint density at radius 1 is 1.12 bits per heavy atom. The van der Waals surface area contributed by atoms with Gasteiger partial charge in [0.05, 0.1) is 12.7 Å². The molecule has 0 aromatic heterocycles. The second-order valence-corrected chi connectivity index (χ2v) is 5.56. The zero-order valence-electron chi connectivity index (χ0n) is 12.7. The molecule has 0 aromatic carbocycles. The van der Waals surface area contributed by atoms with Gasteiger partial charge < -0.3 is 15.0 Å². The van der Waals surface area contributed by atoms with Crippen molar-refractivity contribution in [2.75, 3.05) is 32.8 Å². The summed E-state index contributed by atoms with van der Waals surface area (Å²) in [7, 11) is 0. The van der Waals surface area contributed by atoms with Gasteiger partial charge in [-0.2, -0.15) is 0 Å². The van der Waals surface area contributed by atoms with Crippen LogP contribution in [0.3, 0.4) is 0 Å². The van der Waals surface area contributed by atoms with Crippen molar-refractivity contribution in [3.8, 4) is 0 Å². The van der Waals surface area contributed by atoms with Gasteiger partial charge in [-0.1, -0.05) is 20.8 Å². The summed E-state index contributed by atoms with van der Waals surface area (Å²) >= 11 is 0. The normalized spacial score (nSPS) is 14.3. The third kappa shape index (κ3) is 9.57. The minimum Gasteiger partial charge on any atom is -0.376 e. The molecule has 104 valence electrons. The first kappa shape index (κ1) is 16.9. The van der Waals surface area contributed by atoms with E-state index in [2.05, 4.69) is 51.8 Å². The van der Waals surface area contributed by atoms with Crippen molar-refractivity contribution in [3.05, 3.63) is 0 Å². The third-order valence-electron chi connectivity index (χ3n) is 2.97. The second-order valence-electron chi connectivity index (χ2n) is 5.56. The Bertz CT molecular complexity index is 174. The van der Waals surface area contributed by atoms with Crippen molar-refractivity contribution in [2.24, 2.45) is 0 Å². The molecule has 3 heteroatoms. The highest BCUT2D eigenvalue weighted by Crippen LogP contribution is 2.03. The molecule has 0 aromatic rings. The van der Waals surface area contributed by atoms with Crippen molar-refractivity contribution in [2.45, 2.75) is 59.6 Å². The summed E-state index contributed by atoms with van der Waals surface area (Å²) in [6, 6.07) is 0. The van der Waals surface area contributed by atoms with E-state index in [0.29, 0.717) is 6.10 Å². The van der Waals surface area contributed by atoms with E-state index >= 15 is 0 Å². The molecule has 1 N–H and O–H groups in total. The van der Waals surface area contributed by atoms with E-state index < -0.39 is 0 Å². The highest BCUT2D eigenvalue weighted by molar-refractivity contribution is 4.73. The average Bonchev–Trinajstić information content (AvgIpc) is 2.27. The van der Waals surface area contributed by atoms with Crippen LogP contribution in [0.4, 0.5) is 0 Å². The smallest absolute Gasteiger partial charge is 0.0697 e. The van der Waals surface area contributed by atoms with E-state index in [9.17, 15) is 0 Å².